The molecular weight excluding hydrogens is 258 g/mol. The van der Waals surface area contributed by atoms with Gasteiger partial charge in [-0.25, -0.2) is 0 Å². The monoisotopic (exact) mass is 275 g/mol. The summed E-state index contributed by atoms with van der Waals surface area (Å²) in [4.78, 5) is 14.0. The predicted octanol–water partition coefficient (Wildman–Crippen LogP) is 1.33. The van der Waals surface area contributed by atoms with Crippen molar-refractivity contribution < 1.29 is 19.0 Å². The first kappa shape index (κ1) is 13.1. The molecule has 0 aromatic heterocycles. The molecule has 0 aliphatic carbocycles. The van der Waals surface area contributed by atoms with E-state index < -0.39 is 0 Å². The lowest BCUT2D eigenvalue weighted by molar-refractivity contribution is -0.116. The maximum Gasteiger partial charge on any atom is 0.231 e. The van der Waals surface area contributed by atoms with E-state index in [4.69, 9.17) is 14.2 Å². The van der Waals surface area contributed by atoms with Crippen molar-refractivity contribution >= 4 is 11.9 Å². The average Bonchev–Trinajstić information content (AvgIpc) is 2.93. The molecule has 5 nitrogen and oxygen atoms in total. The molecule has 3 rings (SSSR count). The molecule has 1 saturated heterocycles. The van der Waals surface area contributed by atoms with Gasteiger partial charge in [0.25, 0.3) is 0 Å². The second kappa shape index (κ2) is 6.07. The fraction of sp³-hybridized carbons (Fsp3) is 0.400. The Labute approximate surface area is 117 Å². The second-order valence-electron chi connectivity index (χ2n) is 4.80. The molecule has 1 aromatic carbocycles. The van der Waals surface area contributed by atoms with E-state index in [-0.39, 0.29) is 12.6 Å². The van der Waals surface area contributed by atoms with Crippen molar-refractivity contribution in [3.05, 3.63) is 29.8 Å². The molecule has 5 heteroatoms. The standard InChI is InChI=1S/C15H17NO4/c17-13(10-16-5-7-18-8-6-16)3-1-12-2-4-14-15(9-12)20-11-19-14/h1-4,9H,5-8,10-11H2. The van der Waals surface area contributed by atoms with Crippen LogP contribution in [0.4, 0.5) is 0 Å². The maximum atomic E-state index is 11.9. The van der Waals surface area contributed by atoms with Gasteiger partial charge < -0.3 is 14.2 Å². The molecule has 0 radical (unpaired) electrons. The van der Waals surface area contributed by atoms with Gasteiger partial charge in [0.1, 0.15) is 0 Å². The van der Waals surface area contributed by atoms with Gasteiger partial charge in [-0.2, -0.15) is 0 Å². The van der Waals surface area contributed by atoms with Gasteiger partial charge in [-0.1, -0.05) is 12.1 Å². The van der Waals surface area contributed by atoms with E-state index in [1.54, 1.807) is 6.08 Å². The van der Waals surface area contributed by atoms with E-state index in [2.05, 4.69) is 4.90 Å². The number of fused-ring (bicyclic) bond motifs is 1. The number of rotatable bonds is 4. The molecule has 0 unspecified atom stereocenters. The van der Waals surface area contributed by atoms with Crippen molar-refractivity contribution in [2.75, 3.05) is 39.6 Å². The molecule has 20 heavy (non-hydrogen) atoms. The van der Waals surface area contributed by atoms with Crippen molar-refractivity contribution in [2.45, 2.75) is 0 Å². The van der Waals surface area contributed by atoms with Crippen LogP contribution in [0.5, 0.6) is 11.5 Å². The number of ketones is 1. The Bertz CT molecular complexity index is 521. The Morgan fingerprint density at radius 2 is 2.00 bits per heavy atom. The minimum absolute atomic E-state index is 0.101. The van der Waals surface area contributed by atoms with Gasteiger partial charge in [0.2, 0.25) is 6.79 Å². The highest BCUT2D eigenvalue weighted by Gasteiger charge is 2.14. The summed E-state index contributed by atoms with van der Waals surface area (Å²) >= 11 is 0. The molecule has 0 spiro atoms. The molecule has 0 atom stereocenters. The molecular formula is C15H17NO4. The van der Waals surface area contributed by atoms with Gasteiger partial charge in [0, 0.05) is 13.1 Å². The fourth-order valence-corrected chi connectivity index (χ4v) is 2.24. The maximum absolute atomic E-state index is 11.9. The summed E-state index contributed by atoms with van der Waals surface area (Å²) in [5, 5.41) is 0. The highest BCUT2D eigenvalue weighted by atomic mass is 16.7. The highest BCUT2D eigenvalue weighted by molar-refractivity contribution is 5.95. The van der Waals surface area contributed by atoms with Crippen LogP contribution in [0.25, 0.3) is 6.08 Å². The molecule has 0 bridgehead atoms. The van der Waals surface area contributed by atoms with Crippen molar-refractivity contribution in [2.24, 2.45) is 0 Å². The number of carbonyl (C=O) groups excluding carboxylic acids is 1. The fourth-order valence-electron chi connectivity index (χ4n) is 2.24. The zero-order chi connectivity index (χ0) is 13.8. The zero-order valence-electron chi connectivity index (χ0n) is 11.2. The van der Waals surface area contributed by atoms with Crippen LogP contribution in [-0.2, 0) is 9.53 Å². The molecule has 2 aliphatic heterocycles. The lowest BCUT2D eigenvalue weighted by atomic mass is 10.1. The summed E-state index contributed by atoms with van der Waals surface area (Å²) in [6.45, 7) is 3.77. The molecule has 2 aliphatic rings. The number of nitrogens with zero attached hydrogens (tertiary/aromatic N) is 1. The van der Waals surface area contributed by atoms with E-state index >= 15 is 0 Å². The first-order valence-electron chi connectivity index (χ1n) is 6.72. The van der Waals surface area contributed by atoms with Crippen molar-refractivity contribution in [1.82, 2.24) is 4.90 Å². The van der Waals surface area contributed by atoms with E-state index in [0.29, 0.717) is 19.8 Å². The Hall–Kier alpha value is -1.85. The van der Waals surface area contributed by atoms with Crippen LogP contribution >= 0.6 is 0 Å². The van der Waals surface area contributed by atoms with Crippen LogP contribution in [0.3, 0.4) is 0 Å². The average molecular weight is 275 g/mol. The van der Waals surface area contributed by atoms with Gasteiger partial charge in [-0.15, -0.1) is 0 Å². The van der Waals surface area contributed by atoms with Crippen molar-refractivity contribution in [3.63, 3.8) is 0 Å². The number of morpholine rings is 1. The van der Waals surface area contributed by atoms with Crippen molar-refractivity contribution in [1.29, 1.82) is 0 Å². The van der Waals surface area contributed by atoms with E-state index in [9.17, 15) is 4.79 Å². The number of hydrogen-bond donors (Lipinski definition) is 0. The summed E-state index contributed by atoms with van der Waals surface area (Å²) in [5.41, 5.74) is 0.935. The van der Waals surface area contributed by atoms with Crippen LogP contribution in [0.2, 0.25) is 0 Å². The quantitative estimate of drug-likeness (QED) is 0.776. The van der Waals surface area contributed by atoms with Crippen LogP contribution in [-0.4, -0.2) is 50.3 Å². The second-order valence-corrected chi connectivity index (χ2v) is 4.80. The first-order valence-corrected chi connectivity index (χ1v) is 6.72. The summed E-state index contributed by atoms with van der Waals surface area (Å²) in [6, 6.07) is 5.64. The zero-order valence-corrected chi connectivity index (χ0v) is 11.2. The third-order valence-corrected chi connectivity index (χ3v) is 3.34. The topological polar surface area (TPSA) is 48.0 Å². The number of ether oxygens (including phenoxy) is 3. The summed E-state index contributed by atoms with van der Waals surface area (Å²) in [5.74, 6) is 1.58. The van der Waals surface area contributed by atoms with E-state index in [1.807, 2.05) is 24.3 Å². The van der Waals surface area contributed by atoms with Gasteiger partial charge in [0.05, 0.1) is 19.8 Å². The first-order chi connectivity index (χ1) is 9.81. The summed E-state index contributed by atoms with van der Waals surface area (Å²) in [7, 11) is 0. The SMILES string of the molecule is O=C(C=Cc1ccc2c(c1)OCO2)CN1CCOCC1. The Balaban J connectivity index is 1.57. The molecule has 0 saturated carbocycles. The Morgan fingerprint density at radius 1 is 1.20 bits per heavy atom. The van der Waals surface area contributed by atoms with Crippen LogP contribution in [0.1, 0.15) is 5.56 Å². The van der Waals surface area contributed by atoms with Crippen LogP contribution in [0, 0.1) is 0 Å². The summed E-state index contributed by atoms with van der Waals surface area (Å²) < 4.78 is 15.8. The normalized spacial score (nSPS) is 18.6. The number of hydrogen-bond acceptors (Lipinski definition) is 5. The minimum atomic E-state index is 0.101. The van der Waals surface area contributed by atoms with E-state index in [0.717, 1.165) is 30.2 Å². The van der Waals surface area contributed by atoms with Gasteiger partial charge >= 0.3 is 0 Å². The predicted molar refractivity (Wildman–Crippen MR) is 73.9 cm³/mol. The number of benzene rings is 1. The Kier molecular flexibility index (Phi) is 3.99. The van der Waals surface area contributed by atoms with E-state index in [1.165, 1.54) is 0 Å². The van der Waals surface area contributed by atoms with Gasteiger partial charge in [0.15, 0.2) is 17.3 Å². The third-order valence-electron chi connectivity index (χ3n) is 3.34. The third kappa shape index (κ3) is 3.18. The minimum Gasteiger partial charge on any atom is -0.454 e. The van der Waals surface area contributed by atoms with Gasteiger partial charge in [-0.05, 0) is 23.8 Å². The smallest absolute Gasteiger partial charge is 0.231 e. The lowest BCUT2D eigenvalue weighted by Gasteiger charge is -2.25. The van der Waals surface area contributed by atoms with Gasteiger partial charge in [-0.3, -0.25) is 9.69 Å². The molecule has 1 fully saturated rings. The largest absolute Gasteiger partial charge is 0.454 e. The summed E-state index contributed by atoms with van der Waals surface area (Å²) in [6.07, 6.45) is 3.43. The molecule has 0 amide bonds. The lowest BCUT2D eigenvalue weighted by Crippen LogP contribution is -2.39. The molecule has 1 aromatic rings. The van der Waals surface area contributed by atoms with Crippen molar-refractivity contribution in [3.8, 4) is 11.5 Å². The highest BCUT2D eigenvalue weighted by Crippen LogP contribution is 2.32. The van der Waals surface area contributed by atoms with Crippen LogP contribution in [0.15, 0.2) is 24.3 Å². The molecule has 2 heterocycles. The molecule has 0 N–H and O–H groups in total. The Morgan fingerprint density at radius 3 is 2.85 bits per heavy atom. The number of carbonyl (C=O) groups is 1. The molecule has 106 valence electrons. The van der Waals surface area contributed by atoms with Crippen LogP contribution < -0.4 is 9.47 Å².